The number of nitrogens with zero attached hydrogens (tertiary/aromatic N) is 2. The Morgan fingerprint density at radius 1 is 1.12 bits per heavy atom. The van der Waals surface area contributed by atoms with Crippen LogP contribution in [0.1, 0.15) is 19.8 Å². The molecular formula is C17H20Cl2N2O3. The highest BCUT2D eigenvalue weighted by Crippen LogP contribution is 2.31. The lowest BCUT2D eigenvalue weighted by molar-refractivity contribution is -0.144. The van der Waals surface area contributed by atoms with Crippen molar-refractivity contribution in [3.63, 3.8) is 0 Å². The van der Waals surface area contributed by atoms with Crippen LogP contribution in [-0.4, -0.2) is 53.9 Å². The van der Waals surface area contributed by atoms with Gasteiger partial charge in [0.05, 0.1) is 5.02 Å². The van der Waals surface area contributed by atoms with E-state index in [1.165, 1.54) is 0 Å². The minimum absolute atomic E-state index is 0.0977. The van der Waals surface area contributed by atoms with E-state index in [1.54, 1.807) is 30.0 Å². The van der Waals surface area contributed by atoms with Gasteiger partial charge < -0.3 is 14.5 Å². The van der Waals surface area contributed by atoms with Crippen LogP contribution in [0.3, 0.4) is 0 Å². The van der Waals surface area contributed by atoms with Gasteiger partial charge in [-0.2, -0.15) is 0 Å². The van der Waals surface area contributed by atoms with E-state index in [2.05, 4.69) is 0 Å². The zero-order chi connectivity index (χ0) is 17.3. The fourth-order valence-electron chi connectivity index (χ4n) is 2.80. The van der Waals surface area contributed by atoms with Crippen LogP contribution in [-0.2, 0) is 9.59 Å². The third-order valence-corrected chi connectivity index (χ3v) is 4.91. The van der Waals surface area contributed by atoms with E-state index in [4.69, 9.17) is 27.9 Å². The highest BCUT2D eigenvalue weighted by atomic mass is 35.5. The number of halogens is 2. The average molecular weight is 371 g/mol. The van der Waals surface area contributed by atoms with E-state index in [-0.39, 0.29) is 17.7 Å². The third kappa shape index (κ3) is 3.95. The molecule has 1 aliphatic carbocycles. The van der Waals surface area contributed by atoms with Gasteiger partial charge in [0.1, 0.15) is 5.75 Å². The first-order valence-electron chi connectivity index (χ1n) is 8.15. The molecule has 1 aromatic rings. The summed E-state index contributed by atoms with van der Waals surface area (Å²) in [5.74, 6) is 0.796. The lowest BCUT2D eigenvalue weighted by Gasteiger charge is -2.36. The monoisotopic (exact) mass is 370 g/mol. The quantitative estimate of drug-likeness (QED) is 0.818. The molecule has 0 spiro atoms. The molecule has 0 N–H and O–H groups in total. The first-order valence-corrected chi connectivity index (χ1v) is 8.90. The molecule has 3 rings (SSSR count). The Hall–Kier alpha value is -1.46. The minimum Gasteiger partial charge on any atom is -0.479 e. The molecule has 0 aromatic heterocycles. The summed E-state index contributed by atoms with van der Waals surface area (Å²) in [7, 11) is 0. The lowest BCUT2D eigenvalue weighted by atomic mass is 10.2. The maximum atomic E-state index is 12.5. The van der Waals surface area contributed by atoms with Crippen molar-refractivity contribution in [1.82, 2.24) is 9.80 Å². The SMILES string of the molecule is CC(Oc1ccc(Cl)cc1Cl)C(=O)N1CCN(C(=O)C2CC2)CC1. The van der Waals surface area contributed by atoms with Crippen LogP contribution in [0.2, 0.25) is 10.0 Å². The van der Waals surface area contributed by atoms with Gasteiger partial charge in [-0.05, 0) is 38.0 Å². The summed E-state index contributed by atoms with van der Waals surface area (Å²) in [5, 5.41) is 0.893. The zero-order valence-electron chi connectivity index (χ0n) is 13.5. The molecule has 0 radical (unpaired) electrons. The van der Waals surface area contributed by atoms with Crippen LogP contribution in [0, 0.1) is 5.92 Å². The molecule has 1 atom stereocenters. The molecule has 1 unspecified atom stereocenters. The van der Waals surface area contributed by atoms with Crippen LogP contribution < -0.4 is 4.74 Å². The van der Waals surface area contributed by atoms with Gasteiger partial charge >= 0.3 is 0 Å². The van der Waals surface area contributed by atoms with Gasteiger partial charge in [0.15, 0.2) is 6.10 Å². The van der Waals surface area contributed by atoms with Crippen molar-refractivity contribution < 1.29 is 14.3 Å². The number of carbonyl (C=O) groups is 2. The molecule has 1 heterocycles. The summed E-state index contributed by atoms with van der Waals surface area (Å²) in [6.45, 7) is 3.97. The molecule has 1 saturated carbocycles. The van der Waals surface area contributed by atoms with Gasteiger partial charge in [0, 0.05) is 37.1 Å². The summed E-state index contributed by atoms with van der Waals surface area (Å²) in [6.07, 6.45) is 1.37. The van der Waals surface area contributed by atoms with E-state index in [0.29, 0.717) is 42.0 Å². The number of carbonyl (C=O) groups excluding carboxylic acids is 2. The predicted octanol–water partition coefficient (Wildman–Crippen LogP) is 2.84. The van der Waals surface area contributed by atoms with Crippen molar-refractivity contribution >= 4 is 35.0 Å². The number of amides is 2. The maximum absolute atomic E-state index is 12.5. The first kappa shape index (κ1) is 17.4. The van der Waals surface area contributed by atoms with Crippen molar-refractivity contribution in [3.05, 3.63) is 28.2 Å². The van der Waals surface area contributed by atoms with Crippen molar-refractivity contribution in [3.8, 4) is 5.75 Å². The Morgan fingerprint density at radius 2 is 1.75 bits per heavy atom. The molecule has 1 aliphatic heterocycles. The fraction of sp³-hybridized carbons (Fsp3) is 0.529. The summed E-state index contributed by atoms with van der Waals surface area (Å²) < 4.78 is 5.68. The standard InChI is InChI=1S/C17H20Cl2N2O3/c1-11(24-15-5-4-13(18)10-14(15)19)16(22)20-6-8-21(9-7-20)17(23)12-2-3-12/h4-5,10-12H,2-3,6-9H2,1H3. The summed E-state index contributed by atoms with van der Waals surface area (Å²) >= 11 is 11.9. The molecule has 130 valence electrons. The van der Waals surface area contributed by atoms with Crippen LogP contribution in [0.15, 0.2) is 18.2 Å². The third-order valence-electron chi connectivity index (χ3n) is 4.38. The Labute approximate surface area is 151 Å². The number of benzene rings is 1. The fourth-order valence-corrected chi connectivity index (χ4v) is 3.26. The molecule has 2 amide bonds. The second-order valence-corrected chi connectivity index (χ2v) is 7.10. The van der Waals surface area contributed by atoms with Crippen molar-refractivity contribution in [1.29, 1.82) is 0 Å². The number of hydrogen-bond donors (Lipinski definition) is 0. The molecule has 1 saturated heterocycles. The number of ether oxygens (including phenoxy) is 1. The Kier molecular flexibility index (Phi) is 5.21. The highest BCUT2D eigenvalue weighted by Gasteiger charge is 2.35. The second-order valence-electron chi connectivity index (χ2n) is 6.26. The summed E-state index contributed by atoms with van der Waals surface area (Å²) in [4.78, 5) is 28.2. The molecule has 7 heteroatoms. The van der Waals surface area contributed by atoms with Gasteiger partial charge in [-0.15, -0.1) is 0 Å². The van der Waals surface area contributed by atoms with E-state index in [0.717, 1.165) is 12.8 Å². The molecule has 5 nitrogen and oxygen atoms in total. The molecule has 0 bridgehead atoms. The predicted molar refractivity (Wildman–Crippen MR) is 92.4 cm³/mol. The van der Waals surface area contributed by atoms with Gasteiger partial charge in [-0.1, -0.05) is 23.2 Å². The highest BCUT2D eigenvalue weighted by molar-refractivity contribution is 6.35. The molecule has 1 aromatic carbocycles. The van der Waals surface area contributed by atoms with Crippen molar-refractivity contribution in [2.45, 2.75) is 25.9 Å². The number of hydrogen-bond acceptors (Lipinski definition) is 3. The lowest BCUT2D eigenvalue weighted by Crippen LogP contribution is -2.53. The Bertz CT molecular complexity index is 641. The second kappa shape index (κ2) is 7.19. The molecule has 24 heavy (non-hydrogen) atoms. The summed E-state index contributed by atoms with van der Waals surface area (Å²) in [6, 6.07) is 4.90. The minimum atomic E-state index is -0.644. The molecule has 2 aliphatic rings. The van der Waals surface area contributed by atoms with E-state index in [9.17, 15) is 9.59 Å². The van der Waals surface area contributed by atoms with E-state index < -0.39 is 6.10 Å². The van der Waals surface area contributed by atoms with Crippen molar-refractivity contribution in [2.75, 3.05) is 26.2 Å². The maximum Gasteiger partial charge on any atom is 0.263 e. The molecular weight excluding hydrogens is 351 g/mol. The number of rotatable bonds is 4. The van der Waals surface area contributed by atoms with E-state index >= 15 is 0 Å². The van der Waals surface area contributed by atoms with Crippen LogP contribution in [0.5, 0.6) is 5.75 Å². The van der Waals surface area contributed by atoms with Gasteiger partial charge in [-0.25, -0.2) is 0 Å². The van der Waals surface area contributed by atoms with Crippen molar-refractivity contribution in [2.24, 2.45) is 5.92 Å². The van der Waals surface area contributed by atoms with Gasteiger partial charge in [0.25, 0.3) is 5.91 Å². The van der Waals surface area contributed by atoms with E-state index in [1.807, 2.05) is 4.90 Å². The van der Waals surface area contributed by atoms with Crippen LogP contribution >= 0.6 is 23.2 Å². The Balaban J connectivity index is 1.53. The average Bonchev–Trinajstić information content (AvgIpc) is 3.41. The molecule has 2 fully saturated rings. The summed E-state index contributed by atoms with van der Waals surface area (Å²) in [5.41, 5.74) is 0. The first-order chi connectivity index (χ1) is 11.5. The van der Waals surface area contributed by atoms with Crippen LogP contribution in [0.25, 0.3) is 0 Å². The topological polar surface area (TPSA) is 49.9 Å². The Morgan fingerprint density at radius 3 is 2.33 bits per heavy atom. The zero-order valence-corrected chi connectivity index (χ0v) is 15.0. The smallest absolute Gasteiger partial charge is 0.263 e. The van der Waals surface area contributed by atoms with Crippen LogP contribution in [0.4, 0.5) is 0 Å². The van der Waals surface area contributed by atoms with Gasteiger partial charge in [0.2, 0.25) is 5.91 Å². The normalized spacial score (nSPS) is 19.1. The van der Waals surface area contributed by atoms with Gasteiger partial charge in [-0.3, -0.25) is 9.59 Å². The number of piperazine rings is 1. The largest absolute Gasteiger partial charge is 0.479 e.